The van der Waals surface area contributed by atoms with E-state index in [9.17, 15) is 14.9 Å². The minimum absolute atomic E-state index is 0.0227. The fourth-order valence-electron chi connectivity index (χ4n) is 2.43. The number of benzene rings is 2. The number of nitro benzene ring substituents is 1. The first-order valence-electron chi connectivity index (χ1n) is 7.88. The van der Waals surface area contributed by atoms with Gasteiger partial charge < -0.3 is 4.42 Å². The van der Waals surface area contributed by atoms with Crippen LogP contribution >= 0.6 is 11.6 Å². The SMILES string of the molecule is Cc1cc([N+](=O)[O-])ccc1-c1ccc(/C=N\NC(=O)c2ccc(Cl)cc2)o1. The maximum atomic E-state index is 12.0. The highest BCUT2D eigenvalue weighted by atomic mass is 35.5. The zero-order chi connectivity index (χ0) is 19.4. The summed E-state index contributed by atoms with van der Waals surface area (Å²) in [5, 5.41) is 15.2. The molecule has 1 aromatic heterocycles. The van der Waals surface area contributed by atoms with E-state index in [1.54, 1.807) is 49.4 Å². The van der Waals surface area contributed by atoms with Crippen molar-refractivity contribution in [3.05, 3.63) is 86.6 Å². The van der Waals surface area contributed by atoms with Gasteiger partial charge in [-0.05, 0) is 55.0 Å². The van der Waals surface area contributed by atoms with Gasteiger partial charge in [-0.15, -0.1) is 0 Å². The molecule has 0 aliphatic heterocycles. The second-order valence-electron chi connectivity index (χ2n) is 5.66. The van der Waals surface area contributed by atoms with Crippen LogP contribution in [0.25, 0.3) is 11.3 Å². The number of non-ortho nitro benzene ring substituents is 1. The van der Waals surface area contributed by atoms with Crippen LogP contribution in [-0.2, 0) is 0 Å². The third-order valence-corrected chi connectivity index (χ3v) is 4.03. The molecule has 7 nitrogen and oxygen atoms in total. The summed E-state index contributed by atoms with van der Waals surface area (Å²) < 4.78 is 5.67. The Morgan fingerprint density at radius 1 is 1.19 bits per heavy atom. The average molecular weight is 384 g/mol. The summed E-state index contributed by atoms with van der Waals surface area (Å²) in [7, 11) is 0. The normalized spacial score (nSPS) is 10.9. The Kier molecular flexibility index (Phi) is 5.33. The number of amides is 1. The number of nitrogens with zero attached hydrogens (tertiary/aromatic N) is 2. The van der Waals surface area contributed by atoms with Gasteiger partial charge in [0.15, 0.2) is 0 Å². The van der Waals surface area contributed by atoms with Gasteiger partial charge in [-0.1, -0.05) is 11.6 Å². The first-order chi connectivity index (χ1) is 12.9. The lowest BCUT2D eigenvalue weighted by molar-refractivity contribution is -0.384. The number of rotatable bonds is 5. The van der Waals surface area contributed by atoms with Gasteiger partial charge in [-0.3, -0.25) is 14.9 Å². The van der Waals surface area contributed by atoms with E-state index in [-0.39, 0.29) is 11.6 Å². The number of hydrogen-bond donors (Lipinski definition) is 1. The molecule has 0 saturated heterocycles. The Hall–Kier alpha value is -3.45. The van der Waals surface area contributed by atoms with Crippen LogP contribution in [0.1, 0.15) is 21.7 Å². The Bertz CT molecular complexity index is 1030. The maximum Gasteiger partial charge on any atom is 0.271 e. The molecule has 0 spiro atoms. The van der Waals surface area contributed by atoms with Crippen molar-refractivity contribution in [3.63, 3.8) is 0 Å². The van der Waals surface area contributed by atoms with Crippen LogP contribution in [-0.4, -0.2) is 17.0 Å². The van der Waals surface area contributed by atoms with Crippen molar-refractivity contribution < 1.29 is 14.1 Å². The highest BCUT2D eigenvalue weighted by molar-refractivity contribution is 6.30. The summed E-state index contributed by atoms with van der Waals surface area (Å²) in [4.78, 5) is 22.3. The molecule has 27 heavy (non-hydrogen) atoms. The molecule has 0 bridgehead atoms. The number of nitro groups is 1. The molecule has 0 aliphatic carbocycles. The van der Waals surface area contributed by atoms with Gasteiger partial charge in [0.05, 0.1) is 11.1 Å². The van der Waals surface area contributed by atoms with E-state index in [0.29, 0.717) is 22.1 Å². The average Bonchev–Trinajstić information content (AvgIpc) is 3.10. The van der Waals surface area contributed by atoms with E-state index in [2.05, 4.69) is 10.5 Å². The van der Waals surface area contributed by atoms with Crippen LogP contribution in [0.5, 0.6) is 0 Å². The summed E-state index contributed by atoms with van der Waals surface area (Å²) in [6.07, 6.45) is 1.37. The lowest BCUT2D eigenvalue weighted by Gasteiger charge is -2.02. The lowest BCUT2D eigenvalue weighted by atomic mass is 10.1. The molecule has 0 atom stereocenters. The molecule has 1 heterocycles. The number of carbonyl (C=O) groups excluding carboxylic acids is 1. The summed E-state index contributed by atoms with van der Waals surface area (Å²) >= 11 is 5.78. The standard InChI is InChI=1S/C19H14ClN3O4/c1-12-10-15(23(25)26)6-8-17(12)18-9-7-16(27-18)11-21-22-19(24)13-2-4-14(20)5-3-13/h2-11H,1H3,(H,22,24)/b21-11-. The molecule has 0 radical (unpaired) electrons. The lowest BCUT2D eigenvalue weighted by Crippen LogP contribution is -2.17. The summed E-state index contributed by atoms with van der Waals surface area (Å²) in [5.41, 5.74) is 4.31. The van der Waals surface area contributed by atoms with Crippen LogP contribution < -0.4 is 5.43 Å². The highest BCUT2D eigenvalue weighted by Gasteiger charge is 2.12. The van der Waals surface area contributed by atoms with E-state index < -0.39 is 4.92 Å². The van der Waals surface area contributed by atoms with E-state index >= 15 is 0 Å². The Labute approximate surface area is 159 Å². The Morgan fingerprint density at radius 2 is 1.93 bits per heavy atom. The van der Waals surface area contributed by atoms with Gasteiger partial charge in [0.1, 0.15) is 11.5 Å². The van der Waals surface area contributed by atoms with Crippen molar-refractivity contribution in [1.29, 1.82) is 0 Å². The van der Waals surface area contributed by atoms with E-state index in [4.69, 9.17) is 16.0 Å². The number of carbonyl (C=O) groups is 1. The summed E-state index contributed by atoms with van der Waals surface area (Å²) in [6.45, 7) is 1.77. The third kappa shape index (κ3) is 4.39. The minimum Gasteiger partial charge on any atom is -0.455 e. The fraction of sp³-hybridized carbons (Fsp3) is 0.0526. The highest BCUT2D eigenvalue weighted by Crippen LogP contribution is 2.28. The molecule has 2 aromatic carbocycles. The molecule has 3 rings (SSSR count). The zero-order valence-electron chi connectivity index (χ0n) is 14.2. The maximum absolute atomic E-state index is 12.0. The van der Waals surface area contributed by atoms with Crippen LogP contribution in [0.2, 0.25) is 5.02 Å². The number of nitrogens with one attached hydrogen (secondary N) is 1. The molecular weight excluding hydrogens is 370 g/mol. The van der Waals surface area contributed by atoms with Crippen LogP contribution in [0.3, 0.4) is 0 Å². The zero-order valence-corrected chi connectivity index (χ0v) is 14.9. The molecule has 1 N–H and O–H groups in total. The fourth-order valence-corrected chi connectivity index (χ4v) is 2.55. The van der Waals surface area contributed by atoms with Crippen molar-refractivity contribution >= 4 is 29.4 Å². The van der Waals surface area contributed by atoms with Gasteiger partial charge in [0.25, 0.3) is 11.6 Å². The van der Waals surface area contributed by atoms with E-state index in [1.807, 2.05) is 0 Å². The summed E-state index contributed by atoms with van der Waals surface area (Å²) in [6, 6.07) is 14.4. The van der Waals surface area contributed by atoms with Crippen LogP contribution in [0.4, 0.5) is 5.69 Å². The number of hydrogen-bond acceptors (Lipinski definition) is 5. The first-order valence-corrected chi connectivity index (χ1v) is 8.26. The van der Waals surface area contributed by atoms with Crippen LogP contribution in [0.15, 0.2) is 64.1 Å². The van der Waals surface area contributed by atoms with Crippen molar-refractivity contribution in [3.8, 4) is 11.3 Å². The molecule has 0 unspecified atom stereocenters. The predicted molar refractivity (Wildman–Crippen MR) is 102 cm³/mol. The topological polar surface area (TPSA) is 97.7 Å². The molecule has 0 aliphatic rings. The van der Waals surface area contributed by atoms with Gasteiger partial charge in [0, 0.05) is 28.3 Å². The molecule has 136 valence electrons. The van der Waals surface area contributed by atoms with Gasteiger partial charge in [0.2, 0.25) is 0 Å². The van der Waals surface area contributed by atoms with E-state index in [1.165, 1.54) is 18.3 Å². The Balaban J connectivity index is 1.69. The van der Waals surface area contributed by atoms with Crippen LogP contribution in [0, 0.1) is 17.0 Å². The molecule has 0 fully saturated rings. The molecule has 0 saturated carbocycles. The smallest absolute Gasteiger partial charge is 0.271 e. The number of aryl methyl sites for hydroxylation is 1. The van der Waals surface area contributed by atoms with Gasteiger partial charge in [-0.2, -0.15) is 5.10 Å². The van der Waals surface area contributed by atoms with Crippen molar-refractivity contribution in [2.75, 3.05) is 0 Å². The predicted octanol–water partition coefficient (Wildman–Crippen LogP) is 4.58. The van der Waals surface area contributed by atoms with Crippen molar-refractivity contribution in [2.45, 2.75) is 6.92 Å². The number of hydrazone groups is 1. The largest absolute Gasteiger partial charge is 0.455 e. The number of halogens is 1. The van der Waals surface area contributed by atoms with Gasteiger partial charge >= 0.3 is 0 Å². The monoisotopic (exact) mass is 383 g/mol. The number of furan rings is 1. The van der Waals surface area contributed by atoms with Crippen molar-refractivity contribution in [2.24, 2.45) is 5.10 Å². The second kappa shape index (κ2) is 7.84. The first kappa shape index (κ1) is 18.3. The Morgan fingerprint density at radius 3 is 2.59 bits per heavy atom. The van der Waals surface area contributed by atoms with Crippen molar-refractivity contribution in [1.82, 2.24) is 5.43 Å². The molecule has 8 heteroatoms. The molecule has 1 amide bonds. The van der Waals surface area contributed by atoms with Gasteiger partial charge in [-0.25, -0.2) is 5.43 Å². The third-order valence-electron chi connectivity index (χ3n) is 3.78. The minimum atomic E-state index is -0.444. The van der Waals surface area contributed by atoms with E-state index in [0.717, 1.165) is 11.1 Å². The second-order valence-corrected chi connectivity index (χ2v) is 6.10. The molecular formula is C19H14ClN3O4. The quantitative estimate of drug-likeness (QED) is 0.396. The summed E-state index contributed by atoms with van der Waals surface area (Å²) in [5.74, 6) is 0.605. The molecule has 3 aromatic rings.